The summed E-state index contributed by atoms with van der Waals surface area (Å²) in [5.74, 6) is -0.861. The highest BCUT2D eigenvalue weighted by molar-refractivity contribution is 5.88. The summed E-state index contributed by atoms with van der Waals surface area (Å²) in [6.07, 6.45) is 7.67. The fourth-order valence-corrected chi connectivity index (χ4v) is 4.42. The highest BCUT2D eigenvalue weighted by Crippen LogP contribution is 2.35. The first kappa shape index (κ1) is 21.3. The van der Waals surface area contributed by atoms with E-state index in [1.807, 2.05) is 12.1 Å². The van der Waals surface area contributed by atoms with Gasteiger partial charge in [-0.25, -0.2) is 4.79 Å². The zero-order valence-electron chi connectivity index (χ0n) is 17.3. The van der Waals surface area contributed by atoms with Crippen molar-refractivity contribution >= 4 is 12.3 Å². The highest BCUT2D eigenvalue weighted by Gasteiger charge is 2.26. The number of carboxylic acid groups (broad SMARTS) is 1. The number of benzene rings is 2. The van der Waals surface area contributed by atoms with E-state index in [4.69, 9.17) is 0 Å². The molecule has 0 heterocycles. The summed E-state index contributed by atoms with van der Waals surface area (Å²) >= 11 is 0. The molecule has 0 amide bonds. The van der Waals surface area contributed by atoms with Gasteiger partial charge in [-0.1, -0.05) is 30.3 Å². The van der Waals surface area contributed by atoms with Gasteiger partial charge in [-0.2, -0.15) is 0 Å². The Kier molecular flexibility index (Phi) is 7.59. The molecule has 1 N–H and O–H groups in total. The summed E-state index contributed by atoms with van der Waals surface area (Å²) in [6, 6.07) is 14.5. The van der Waals surface area contributed by atoms with Gasteiger partial charge in [-0.05, 0) is 86.4 Å². The third-order valence-corrected chi connectivity index (χ3v) is 6.06. The van der Waals surface area contributed by atoms with Gasteiger partial charge in [-0.3, -0.25) is 4.90 Å². The summed E-state index contributed by atoms with van der Waals surface area (Å²) in [5, 5.41) is 9.33. The van der Waals surface area contributed by atoms with Crippen molar-refractivity contribution in [3.8, 4) is 0 Å². The average molecular weight is 394 g/mol. The summed E-state index contributed by atoms with van der Waals surface area (Å²) in [5.41, 5.74) is 5.53. The molecule has 2 aromatic rings. The molecule has 0 saturated carbocycles. The van der Waals surface area contributed by atoms with E-state index in [9.17, 15) is 14.7 Å². The zero-order chi connectivity index (χ0) is 20.6. The van der Waals surface area contributed by atoms with Crippen molar-refractivity contribution in [2.75, 3.05) is 13.1 Å². The Morgan fingerprint density at radius 2 is 2.00 bits per heavy atom. The Bertz CT molecular complexity index is 846. The van der Waals surface area contributed by atoms with Crippen LogP contribution in [0.4, 0.5) is 0 Å². The first-order valence-corrected chi connectivity index (χ1v) is 10.7. The molecule has 4 nitrogen and oxygen atoms in total. The third kappa shape index (κ3) is 5.54. The lowest BCUT2D eigenvalue weighted by Gasteiger charge is -2.36. The zero-order valence-corrected chi connectivity index (χ0v) is 17.3. The monoisotopic (exact) mass is 393 g/mol. The molecule has 0 aliphatic heterocycles. The van der Waals surface area contributed by atoms with Crippen molar-refractivity contribution in [3.05, 3.63) is 70.3 Å². The van der Waals surface area contributed by atoms with E-state index >= 15 is 0 Å². The summed E-state index contributed by atoms with van der Waals surface area (Å²) in [4.78, 5) is 24.6. The number of rotatable bonds is 10. The Labute approximate surface area is 173 Å². The van der Waals surface area contributed by atoms with Gasteiger partial charge in [-0.15, -0.1) is 0 Å². The molecule has 1 atom stereocenters. The van der Waals surface area contributed by atoms with Crippen LogP contribution in [-0.2, 0) is 17.6 Å². The van der Waals surface area contributed by atoms with Crippen LogP contribution in [0.3, 0.4) is 0 Å². The highest BCUT2D eigenvalue weighted by atomic mass is 16.4. The van der Waals surface area contributed by atoms with E-state index in [1.165, 1.54) is 22.3 Å². The first-order chi connectivity index (χ1) is 14.1. The number of carbonyl (C=O) groups is 2. The number of carboxylic acids is 1. The SMILES string of the molecule is Cc1ccccc1CCN(CCCCC=O)C1CCCc2cc(C(=O)O)ccc21. The molecule has 0 spiro atoms. The van der Waals surface area contributed by atoms with Gasteiger partial charge in [0.2, 0.25) is 0 Å². The average Bonchev–Trinajstić information content (AvgIpc) is 2.73. The van der Waals surface area contributed by atoms with Gasteiger partial charge >= 0.3 is 5.97 Å². The Hall–Kier alpha value is -2.46. The molecule has 0 saturated heterocycles. The lowest BCUT2D eigenvalue weighted by atomic mass is 9.85. The minimum absolute atomic E-state index is 0.321. The van der Waals surface area contributed by atoms with Crippen LogP contribution in [0.5, 0.6) is 0 Å². The smallest absolute Gasteiger partial charge is 0.335 e. The molecular formula is C25H31NO3. The molecule has 4 heteroatoms. The Morgan fingerprint density at radius 3 is 2.76 bits per heavy atom. The normalized spacial score (nSPS) is 15.9. The Morgan fingerprint density at radius 1 is 1.17 bits per heavy atom. The van der Waals surface area contributed by atoms with E-state index in [0.29, 0.717) is 18.0 Å². The fraction of sp³-hybridized carbons (Fsp3) is 0.440. The van der Waals surface area contributed by atoms with Crippen molar-refractivity contribution in [1.29, 1.82) is 0 Å². The summed E-state index contributed by atoms with van der Waals surface area (Å²) in [6.45, 7) is 4.09. The number of nitrogens with zero attached hydrogens (tertiary/aromatic N) is 1. The number of hydrogen-bond donors (Lipinski definition) is 1. The molecule has 29 heavy (non-hydrogen) atoms. The van der Waals surface area contributed by atoms with E-state index in [2.05, 4.69) is 36.1 Å². The second-order valence-corrected chi connectivity index (χ2v) is 8.00. The van der Waals surface area contributed by atoms with Crippen LogP contribution in [0.15, 0.2) is 42.5 Å². The molecule has 0 radical (unpaired) electrons. The second-order valence-electron chi connectivity index (χ2n) is 8.00. The predicted molar refractivity (Wildman–Crippen MR) is 115 cm³/mol. The fourth-order valence-electron chi connectivity index (χ4n) is 4.42. The second kappa shape index (κ2) is 10.4. The quantitative estimate of drug-likeness (QED) is 0.457. The van der Waals surface area contributed by atoms with Crippen LogP contribution in [0, 0.1) is 6.92 Å². The van der Waals surface area contributed by atoms with Gasteiger partial charge < -0.3 is 9.90 Å². The van der Waals surface area contributed by atoms with Gasteiger partial charge in [0.05, 0.1) is 5.56 Å². The molecule has 1 aliphatic carbocycles. The van der Waals surface area contributed by atoms with Crippen molar-refractivity contribution in [1.82, 2.24) is 4.90 Å². The number of fused-ring (bicyclic) bond motifs is 1. The summed E-state index contributed by atoms with van der Waals surface area (Å²) < 4.78 is 0. The third-order valence-electron chi connectivity index (χ3n) is 6.06. The van der Waals surface area contributed by atoms with Gasteiger partial charge in [0.25, 0.3) is 0 Å². The molecule has 1 aliphatic rings. The number of unbranched alkanes of at least 4 members (excludes halogenated alkanes) is 2. The van der Waals surface area contributed by atoms with Crippen LogP contribution in [-0.4, -0.2) is 35.4 Å². The minimum atomic E-state index is -0.861. The number of aromatic carboxylic acids is 1. The Balaban J connectivity index is 1.79. The maximum absolute atomic E-state index is 11.4. The van der Waals surface area contributed by atoms with E-state index < -0.39 is 5.97 Å². The standard InChI is InChI=1S/C25H31NO3/c1-19-8-3-4-9-20(19)14-16-26(15-5-2-6-17-27)24-11-7-10-21-18-22(25(28)29)12-13-23(21)24/h3-4,8-9,12-13,17-18,24H,2,5-7,10-11,14-16H2,1H3,(H,28,29). The molecule has 0 fully saturated rings. The minimum Gasteiger partial charge on any atom is -0.478 e. The van der Waals surface area contributed by atoms with E-state index in [0.717, 1.165) is 57.9 Å². The van der Waals surface area contributed by atoms with Crippen LogP contribution >= 0.6 is 0 Å². The topological polar surface area (TPSA) is 57.6 Å². The maximum atomic E-state index is 11.4. The van der Waals surface area contributed by atoms with Gasteiger partial charge in [0.15, 0.2) is 0 Å². The summed E-state index contributed by atoms with van der Waals surface area (Å²) in [7, 11) is 0. The maximum Gasteiger partial charge on any atom is 0.335 e. The van der Waals surface area contributed by atoms with Crippen molar-refractivity contribution in [2.24, 2.45) is 0 Å². The van der Waals surface area contributed by atoms with Crippen molar-refractivity contribution in [2.45, 2.75) is 57.9 Å². The van der Waals surface area contributed by atoms with Crippen molar-refractivity contribution in [3.63, 3.8) is 0 Å². The lowest BCUT2D eigenvalue weighted by Crippen LogP contribution is -2.34. The largest absolute Gasteiger partial charge is 0.478 e. The van der Waals surface area contributed by atoms with Crippen LogP contribution in [0.2, 0.25) is 0 Å². The van der Waals surface area contributed by atoms with E-state index in [1.54, 1.807) is 6.07 Å². The van der Waals surface area contributed by atoms with Crippen LogP contribution in [0.1, 0.15) is 70.8 Å². The molecule has 0 bridgehead atoms. The van der Waals surface area contributed by atoms with Crippen molar-refractivity contribution < 1.29 is 14.7 Å². The number of carbonyl (C=O) groups excluding carboxylic acids is 1. The lowest BCUT2D eigenvalue weighted by molar-refractivity contribution is -0.107. The van der Waals surface area contributed by atoms with E-state index in [-0.39, 0.29) is 0 Å². The van der Waals surface area contributed by atoms with Gasteiger partial charge in [0, 0.05) is 19.0 Å². The van der Waals surface area contributed by atoms with Gasteiger partial charge in [0.1, 0.15) is 6.29 Å². The number of hydrogen-bond acceptors (Lipinski definition) is 3. The molecule has 154 valence electrons. The molecule has 0 aromatic heterocycles. The predicted octanol–water partition coefficient (Wildman–Crippen LogP) is 4.98. The number of aldehydes is 1. The molecule has 3 rings (SSSR count). The first-order valence-electron chi connectivity index (χ1n) is 10.7. The van der Waals surface area contributed by atoms with Crippen LogP contribution in [0.25, 0.3) is 0 Å². The van der Waals surface area contributed by atoms with Crippen LogP contribution < -0.4 is 0 Å². The molecule has 2 aromatic carbocycles. The molecule has 1 unspecified atom stereocenters. The number of aryl methyl sites for hydroxylation is 2. The molecular weight excluding hydrogens is 362 g/mol.